The van der Waals surface area contributed by atoms with Gasteiger partial charge in [0.25, 0.3) is 0 Å². The number of rotatable bonds is 11. The van der Waals surface area contributed by atoms with Crippen molar-refractivity contribution >= 4 is 29.7 Å². The lowest BCUT2D eigenvalue weighted by atomic mass is 10.1. The molecule has 0 aliphatic carbocycles. The molecule has 3 amide bonds. The van der Waals surface area contributed by atoms with Crippen LogP contribution in [-0.2, 0) is 24.0 Å². The van der Waals surface area contributed by atoms with E-state index in [9.17, 15) is 34.2 Å². The van der Waals surface area contributed by atoms with Gasteiger partial charge in [0.1, 0.15) is 12.1 Å². The van der Waals surface area contributed by atoms with E-state index in [-0.39, 0.29) is 25.8 Å². The molecule has 1 rings (SSSR count). The highest BCUT2D eigenvalue weighted by atomic mass is 16.4. The summed E-state index contributed by atoms with van der Waals surface area (Å²) in [6.07, 6.45) is -1.23. The molecule has 13 heteroatoms. The van der Waals surface area contributed by atoms with Crippen LogP contribution >= 0.6 is 0 Å². The van der Waals surface area contributed by atoms with E-state index in [0.29, 0.717) is 6.42 Å². The predicted molar refractivity (Wildman–Crippen MR) is 99.8 cm³/mol. The third-order valence-corrected chi connectivity index (χ3v) is 4.69. The molecule has 0 aromatic heterocycles. The molecule has 8 N–H and O–H groups in total. The van der Waals surface area contributed by atoms with Gasteiger partial charge in [-0.05, 0) is 26.2 Å². The van der Waals surface area contributed by atoms with Crippen LogP contribution in [-0.4, -0.2) is 98.4 Å². The standard InChI is InChI=1S/C17H28N4O9/c1-8(23)13(17(29)30)20-15(27)11-3-2-6-21(11)16(28)10(7-22)19-14(26)9(18)4-5-12(24)25/h8-11,13,22-23H,2-7,18H2,1H3,(H,19,26)(H,20,27)(H,24,25)(H,29,30). The Balaban J connectivity index is 2.80. The summed E-state index contributed by atoms with van der Waals surface area (Å²) in [5, 5.41) is 41.1. The lowest BCUT2D eigenvalue weighted by Crippen LogP contribution is -2.58. The first-order chi connectivity index (χ1) is 14.0. The SMILES string of the molecule is CC(O)C(NC(=O)C1CCCN1C(=O)C(CO)NC(=O)C(N)CCC(=O)O)C(=O)O. The van der Waals surface area contributed by atoms with Gasteiger partial charge in [-0.15, -0.1) is 0 Å². The first-order valence-electron chi connectivity index (χ1n) is 9.39. The number of nitrogens with two attached hydrogens (primary N) is 1. The molecule has 0 bridgehead atoms. The number of aliphatic carboxylic acids is 2. The highest BCUT2D eigenvalue weighted by Crippen LogP contribution is 2.19. The Hall–Kier alpha value is -2.77. The Bertz CT molecular complexity index is 670. The van der Waals surface area contributed by atoms with Gasteiger partial charge in [0.2, 0.25) is 17.7 Å². The number of carbonyl (C=O) groups excluding carboxylic acids is 3. The van der Waals surface area contributed by atoms with Gasteiger partial charge in [0.05, 0.1) is 18.8 Å². The van der Waals surface area contributed by atoms with Crippen LogP contribution in [0.3, 0.4) is 0 Å². The molecule has 30 heavy (non-hydrogen) atoms. The van der Waals surface area contributed by atoms with Gasteiger partial charge in [-0.25, -0.2) is 4.79 Å². The Kier molecular flexibility index (Phi) is 9.62. The average molecular weight is 432 g/mol. The van der Waals surface area contributed by atoms with E-state index in [0.717, 1.165) is 4.90 Å². The monoisotopic (exact) mass is 432 g/mol. The fourth-order valence-electron chi connectivity index (χ4n) is 3.02. The Morgan fingerprint density at radius 2 is 1.80 bits per heavy atom. The van der Waals surface area contributed by atoms with Gasteiger partial charge in [0.15, 0.2) is 6.04 Å². The summed E-state index contributed by atoms with van der Waals surface area (Å²) >= 11 is 0. The number of nitrogens with zero attached hydrogens (tertiary/aromatic N) is 1. The van der Waals surface area contributed by atoms with Crippen molar-refractivity contribution in [2.75, 3.05) is 13.2 Å². The highest BCUT2D eigenvalue weighted by Gasteiger charge is 2.39. The molecule has 5 atom stereocenters. The van der Waals surface area contributed by atoms with Crippen LogP contribution in [0.5, 0.6) is 0 Å². The fraction of sp³-hybridized carbons (Fsp3) is 0.706. The molecule has 5 unspecified atom stereocenters. The molecule has 1 aliphatic rings. The zero-order valence-corrected chi connectivity index (χ0v) is 16.5. The normalized spacial score (nSPS) is 20.0. The van der Waals surface area contributed by atoms with Crippen LogP contribution < -0.4 is 16.4 Å². The molecule has 1 heterocycles. The van der Waals surface area contributed by atoms with Crippen molar-refractivity contribution in [2.45, 2.75) is 62.9 Å². The van der Waals surface area contributed by atoms with Crippen molar-refractivity contribution in [2.24, 2.45) is 5.73 Å². The fourth-order valence-corrected chi connectivity index (χ4v) is 3.02. The van der Waals surface area contributed by atoms with Crippen molar-refractivity contribution in [3.05, 3.63) is 0 Å². The van der Waals surface area contributed by atoms with E-state index in [2.05, 4.69) is 10.6 Å². The minimum absolute atomic E-state index is 0.140. The molecule has 1 aliphatic heterocycles. The second kappa shape index (κ2) is 11.4. The lowest BCUT2D eigenvalue weighted by molar-refractivity contribution is -0.147. The third-order valence-electron chi connectivity index (χ3n) is 4.69. The van der Waals surface area contributed by atoms with E-state index >= 15 is 0 Å². The second-order valence-electron chi connectivity index (χ2n) is 7.04. The van der Waals surface area contributed by atoms with Crippen molar-refractivity contribution < 1.29 is 44.4 Å². The molecule has 170 valence electrons. The van der Waals surface area contributed by atoms with Crippen LogP contribution in [0.25, 0.3) is 0 Å². The van der Waals surface area contributed by atoms with Gasteiger partial charge in [0, 0.05) is 13.0 Å². The van der Waals surface area contributed by atoms with Gasteiger partial charge < -0.3 is 41.7 Å². The summed E-state index contributed by atoms with van der Waals surface area (Å²) in [6.45, 7) is 0.550. The Labute approximate surface area is 172 Å². The Morgan fingerprint density at radius 3 is 2.30 bits per heavy atom. The van der Waals surface area contributed by atoms with E-state index in [1.165, 1.54) is 6.92 Å². The van der Waals surface area contributed by atoms with Gasteiger partial charge >= 0.3 is 11.9 Å². The molecular weight excluding hydrogens is 404 g/mol. The van der Waals surface area contributed by atoms with E-state index < -0.39 is 66.5 Å². The summed E-state index contributed by atoms with van der Waals surface area (Å²) in [5.41, 5.74) is 5.58. The van der Waals surface area contributed by atoms with Gasteiger partial charge in [-0.2, -0.15) is 0 Å². The molecular formula is C17H28N4O9. The highest BCUT2D eigenvalue weighted by molar-refractivity contribution is 5.94. The van der Waals surface area contributed by atoms with Crippen molar-refractivity contribution in [3.8, 4) is 0 Å². The smallest absolute Gasteiger partial charge is 0.328 e. The van der Waals surface area contributed by atoms with Crippen LogP contribution in [0.15, 0.2) is 0 Å². The lowest BCUT2D eigenvalue weighted by Gasteiger charge is -2.29. The number of amides is 3. The van der Waals surface area contributed by atoms with E-state index in [1.807, 2.05) is 0 Å². The molecule has 0 spiro atoms. The van der Waals surface area contributed by atoms with Crippen LogP contribution in [0.4, 0.5) is 0 Å². The molecule has 0 radical (unpaired) electrons. The summed E-state index contributed by atoms with van der Waals surface area (Å²) in [4.78, 5) is 60.1. The van der Waals surface area contributed by atoms with Crippen LogP contribution in [0, 0.1) is 0 Å². The molecule has 0 aromatic rings. The summed E-state index contributed by atoms with van der Waals surface area (Å²) in [6, 6.07) is -5.21. The third kappa shape index (κ3) is 6.93. The first kappa shape index (κ1) is 25.3. The molecule has 0 aromatic carbocycles. The molecule has 13 nitrogen and oxygen atoms in total. The Morgan fingerprint density at radius 1 is 1.17 bits per heavy atom. The number of aliphatic hydroxyl groups is 2. The molecule has 0 saturated carbocycles. The number of aliphatic hydroxyl groups excluding tert-OH is 2. The maximum atomic E-state index is 12.7. The zero-order valence-electron chi connectivity index (χ0n) is 16.5. The van der Waals surface area contributed by atoms with E-state index in [4.69, 9.17) is 15.9 Å². The van der Waals surface area contributed by atoms with Crippen molar-refractivity contribution in [1.29, 1.82) is 0 Å². The summed E-state index contributed by atoms with van der Waals surface area (Å²) in [5.74, 6) is -4.96. The number of carboxylic acid groups (broad SMARTS) is 2. The minimum atomic E-state index is -1.56. The maximum Gasteiger partial charge on any atom is 0.328 e. The second-order valence-corrected chi connectivity index (χ2v) is 7.04. The predicted octanol–water partition coefficient (Wildman–Crippen LogP) is -3.40. The van der Waals surface area contributed by atoms with Crippen LogP contribution in [0.2, 0.25) is 0 Å². The largest absolute Gasteiger partial charge is 0.481 e. The quantitative estimate of drug-likeness (QED) is 0.171. The van der Waals surface area contributed by atoms with Crippen LogP contribution in [0.1, 0.15) is 32.6 Å². The summed E-state index contributed by atoms with van der Waals surface area (Å²) < 4.78 is 0. The number of carboxylic acids is 2. The number of likely N-dealkylation sites (tertiary alicyclic amines) is 1. The van der Waals surface area contributed by atoms with Crippen molar-refractivity contribution in [1.82, 2.24) is 15.5 Å². The molecule has 1 saturated heterocycles. The van der Waals surface area contributed by atoms with E-state index in [1.54, 1.807) is 0 Å². The topological polar surface area (TPSA) is 220 Å². The maximum absolute atomic E-state index is 12.7. The zero-order chi connectivity index (χ0) is 23.0. The van der Waals surface area contributed by atoms with Gasteiger partial charge in [-0.3, -0.25) is 19.2 Å². The number of hydrogen-bond acceptors (Lipinski definition) is 8. The number of nitrogens with one attached hydrogen (secondary N) is 2. The first-order valence-corrected chi connectivity index (χ1v) is 9.39. The van der Waals surface area contributed by atoms with Crippen molar-refractivity contribution in [3.63, 3.8) is 0 Å². The summed E-state index contributed by atoms with van der Waals surface area (Å²) in [7, 11) is 0. The van der Waals surface area contributed by atoms with Gasteiger partial charge in [-0.1, -0.05) is 0 Å². The minimum Gasteiger partial charge on any atom is -0.481 e. The number of carbonyl (C=O) groups is 5. The average Bonchev–Trinajstić information content (AvgIpc) is 3.16. The molecule has 1 fully saturated rings. The number of hydrogen-bond donors (Lipinski definition) is 7.